The number of fused-ring (bicyclic) bond motifs is 1. The standard InChI is InChI=1S/C15H13BrN3O.BrH/c1-18-13-4-2-3-5-14(13)19(17-18)10-15(20)11-6-8-12(16)9-7-11;/h2-9H,10H2,1H3;1H/q+1;/p-1. The van der Waals surface area contributed by atoms with E-state index < -0.39 is 0 Å². The highest BCUT2D eigenvalue weighted by atomic mass is 79.9. The number of para-hydroxylation sites is 2. The number of nitrogens with zero attached hydrogens (tertiary/aromatic N) is 3. The van der Waals surface area contributed by atoms with Gasteiger partial charge in [0.25, 0.3) is 0 Å². The molecule has 2 aromatic carbocycles. The first-order valence-corrected chi connectivity index (χ1v) is 7.05. The van der Waals surface area contributed by atoms with Crippen LogP contribution in [0.25, 0.3) is 11.0 Å². The molecule has 0 atom stereocenters. The van der Waals surface area contributed by atoms with Gasteiger partial charge in [0, 0.05) is 10.0 Å². The molecule has 0 radical (unpaired) electrons. The van der Waals surface area contributed by atoms with E-state index in [9.17, 15) is 4.79 Å². The second-order valence-corrected chi connectivity index (χ2v) is 5.51. The van der Waals surface area contributed by atoms with Crippen LogP contribution in [0.3, 0.4) is 0 Å². The lowest BCUT2D eigenvalue weighted by Crippen LogP contribution is -3.00. The van der Waals surface area contributed by atoms with E-state index in [1.807, 2.05) is 55.6 Å². The van der Waals surface area contributed by atoms with E-state index in [0.29, 0.717) is 5.56 Å². The van der Waals surface area contributed by atoms with Gasteiger partial charge in [-0.3, -0.25) is 4.79 Å². The third-order valence-corrected chi connectivity index (χ3v) is 3.74. The van der Waals surface area contributed by atoms with Crippen LogP contribution in [0.15, 0.2) is 53.0 Å². The number of carbonyl (C=O) groups excluding carboxylic acids is 1. The van der Waals surface area contributed by atoms with Crippen molar-refractivity contribution in [2.45, 2.75) is 6.54 Å². The molecule has 0 aliphatic heterocycles. The van der Waals surface area contributed by atoms with Gasteiger partial charge in [-0.1, -0.05) is 40.2 Å². The average Bonchev–Trinajstić information content (AvgIpc) is 2.77. The molecule has 0 fully saturated rings. The molecule has 0 saturated carbocycles. The number of ketones is 1. The van der Waals surface area contributed by atoms with Gasteiger partial charge < -0.3 is 17.0 Å². The molecular formula is C15H13Br2N3O. The van der Waals surface area contributed by atoms with E-state index in [1.165, 1.54) is 0 Å². The summed E-state index contributed by atoms with van der Waals surface area (Å²) in [6, 6.07) is 15.2. The molecular weight excluding hydrogens is 398 g/mol. The van der Waals surface area contributed by atoms with Crippen LogP contribution in [0, 0.1) is 0 Å². The van der Waals surface area contributed by atoms with Crippen molar-refractivity contribution in [3.63, 3.8) is 0 Å². The zero-order chi connectivity index (χ0) is 14.1. The van der Waals surface area contributed by atoms with Gasteiger partial charge in [-0.2, -0.15) is 0 Å². The summed E-state index contributed by atoms with van der Waals surface area (Å²) in [7, 11) is 1.88. The maximum absolute atomic E-state index is 12.3. The number of hydrogen-bond donors (Lipinski definition) is 0. The molecule has 0 unspecified atom stereocenters. The lowest BCUT2D eigenvalue weighted by molar-refractivity contribution is -0.709. The van der Waals surface area contributed by atoms with Crippen LogP contribution in [0.5, 0.6) is 0 Å². The number of Topliss-reactive ketones (excluding diaryl/α,β-unsaturated/α-hetero) is 1. The second kappa shape index (κ2) is 6.49. The highest BCUT2D eigenvalue weighted by Gasteiger charge is 2.18. The Morgan fingerprint density at radius 2 is 1.86 bits per heavy atom. The summed E-state index contributed by atoms with van der Waals surface area (Å²) in [6.45, 7) is 0.239. The van der Waals surface area contributed by atoms with Crippen LogP contribution in [0.4, 0.5) is 0 Å². The largest absolute Gasteiger partial charge is 1.00 e. The monoisotopic (exact) mass is 409 g/mol. The Kier molecular flexibility index (Phi) is 4.90. The minimum Gasteiger partial charge on any atom is -1.00 e. The predicted octanol–water partition coefficient (Wildman–Crippen LogP) is -0.490. The van der Waals surface area contributed by atoms with Gasteiger partial charge in [-0.25, -0.2) is 0 Å². The minimum absolute atomic E-state index is 0. The first-order chi connectivity index (χ1) is 9.65. The summed E-state index contributed by atoms with van der Waals surface area (Å²) in [5, 5.41) is 4.38. The van der Waals surface area contributed by atoms with Gasteiger partial charge in [0.05, 0.1) is 5.21 Å². The summed E-state index contributed by atoms with van der Waals surface area (Å²) in [5.74, 6) is 0.0475. The van der Waals surface area contributed by atoms with Crippen LogP contribution < -0.4 is 21.7 Å². The molecule has 3 rings (SSSR count). The summed E-state index contributed by atoms with van der Waals surface area (Å²) in [5.41, 5.74) is 2.66. The highest BCUT2D eigenvalue weighted by Crippen LogP contribution is 2.13. The highest BCUT2D eigenvalue weighted by molar-refractivity contribution is 9.10. The predicted molar refractivity (Wildman–Crippen MR) is 79.4 cm³/mol. The summed E-state index contributed by atoms with van der Waals surface area (Å²) >= 11 is 3.37. The molecule has 0 N–H and O–H groups in total. The number of hydrogen-bond acceptors (Lipinski definition) is 2. The van der Waals surface area contributed by atoms with Crippen molar-refractivity contribution in [1.82, 2.24) is 9.90 Å². The Hall–Kier alpha value is -1.53. The zero-order valence-electron chi connectivity index (χ0n) is 11.3. The zero-order valence-corrected chi connectivity index (χ0v) is 14.5. The van der Waals surface area contributed by atoms with Gasteiger partial charge >= 0.3 is 0 Å². The molecule has 0 aliphatic rings. The van der Waals surface area contributed by atoms with Crippen LogP contribution >= 0.6 is 15.9 Å². The van der Waals surface area contributed by atoms with E-state index in [-0.39, 0.29) is 29.3 Å². The Balaban J connectivity index is 0.00000161. The van der Waals surface area contributed by atoms with Crippen molar-refractivity contribution in [3.05, 3.63) is 58.6 Å². The van der Waals surface area contributed by atoms with Crippen molar-refractivity contribution in [1.29, 1.82) is 0 Å². The summed E-state index contributed by atoms with van der Waals surface area (Å²) in [6.07, 6.45) is 0. The van der Waals surface area contributed by atoms with Crippen LogP contribution in [-0.4, -0.2) is 15.7 Å². The minimum atomic E-state index is 0. The Morgan fingerprint density at radius 1 is 1.19 bits per heavy atom. The van der Waals surface area contributed by atoms with Crippen LogP contribution in [0.2, 0.25) is 0 Å². The third-order valence-electron chi connectivity index (χ3n) is 3.21. The first kappa shape index (κ1) is 15.9. The number of aromatic nitrogens is 3. The Labute approximate surface area is 141 Å². The van der Waals surface area contributed by atoms with Crippen molar-refractivity contribution in [2.75, 3.05) is 0 Å². The van der Waals surface area contributed by atoms with Gasteiger partial charge in [0.15, 0.2) is 17.6 Å². The van der Waals surface area contributed by atoms with Crippen molar-refractivity contribution in [3.8, 4) is 0 Å². The SMILES string of the molecule is C[n+]1nn(CC(=O)c2ccc(Br)cc2)c2ccccc21.[Br-]. The van der Waals surface area contributed by atoms with E-state index in [4.69, 9.17) is 0 Å². The van der Waals surface area contributed by atoms with Gasteiger partial charge in [-0.15, -0.1) is 9.36 Å². The molecule has 108 valence electrons. The number of carbonyl (C=O) groups is 1. The molecule has 0 amide bonds. The fraction of sp³-hybridized carbons (Fsp3) is 0.133. The number of benzene rings is 2. The molecule has 3 aromatic rings. The molecule has 1 heterocycles. The lowest BCUT2D eigenvalue weighted by atomic mass is 10.1. The van der Waals surface area contributed by atoms with Gasteiger partial charge in [-0.05, 0) is 24.3 Å². The third kappa shape index (κ3) is 3.22. The molecule has 0 bridgehead atoms. The normalized spacial score (nSPS) is 10.4. The fourth-order valence-corrected chi connectivity index (χ4v) is 2.46. The molecule has 6 heteroatoms. The van der Waals surface area contributed by atoms with Gasteiger partial charge in [0.1, 0.15) is 7.05 Å². The molecule has 0 saturated heterocycles. The lowest BCUT2D eigenvalue weighted by Gasteiger charge is -1.98. The summed E-state index contributed by atoms with van der Waals surface area (Å²) < 4.78 is 4.48. The number of rotatable bonds is 3. The molecule has 21 heavy (non-hydrogen) atoms. The molecule has 1 aromatic heterocycles. The van der Waals surface area contributed by atoms with E-state index >= 15 is 0 Å². The van der Waals surface area contributed by atoms with Crippen molar-refractivity contribution < 1.29 is 26.5 Å². The van der Waals surface area contributed by atoms with E-state index in [2.05, 4.69) is 21.1 Å². The van der Waals surface area contributed by atoms with Crippen LogP contribution in [0.1, 0.15) is 10.4 Å². The first-order valence-electron chi connectivity index (χ1n) is 6.26. The van der Waals surface area contributed by atoms with Crippen LogP contribution in [-0.2, 0) is 13.6 Å². The Bertz CT molecular complexity index is 781. The van der Waals surface area contributed by atoms with Crippen molar-refractivity contribution in [2.24, 2.45) is 7.05 Å². The summed E-state index contributed by atoms with van der Waals surface area (Å²) in [4.78, 5) is 12.3. The maximum atomic E-state index is 12.3. The second-order valence-electron chi connectivity index (χ2n) is 4.59. The maximum Gasteiger partial charge on any atom is 0.206 e. The average molecular weight is 411 g/mol. The fourth-order valence-electron chi connectivity index (χ4n) is 2.19. The van der Waals surface area contributed by atoms with E-state index in [1.54, 1.807) is 9.36 Å². The van der Waals surface area contributed by atoms with Crippen molar-refractivity contribution >= 4 is 32.7 Å². The number of halogens is 2. The molecule has 4 nitrogen and oxygen atoms in total. The Morgan fingerprint density at radius 3 is 2.57 bits per heavy atom. The quantitative estimate of drug-likeness (QED) is 0.431. The number of aryl methyl sites for hydroxylation is 1. The van der Waals surface area contributed by atoms with Gasteiger partial charge in [0.2, 0.25) is 5.78 Å². The topological polar surface area (TPSA) is 38.8 Å². The molecule has 0 spiro atoms. The molecule has 0 aliphatic carbocycles. The van der Waals surface area contributed by atoms with E-state index in [0.717, 1.165) is 15.5 Å². The smallest absolute Gasteiger partial charge is 0.206 e.